The zero-order valence-corrected chi connectivity index (χ0v) is 14.7. The lowest BCUT2D eigenvalue weighted by Gasteiger charge is -2.27. The molecule has 0 unspecified atom stereocenters. The predicted octanol–water partition coefficient (Wildman–Crippen LogP) is 3.19. The number of rotatable bonds is 5. The number of Topliss-reactive ketones (excluding diaryl/α,β-unsaturated/α-hetero) is 1. The summed E-state index contributed by atoms with van der Waals surface area (Å²) in [5.41, 5.74) is 1.28. The van der Waals surface area contributed by atoms with E-state index in [2.05, 4.69) is 0 Å². The van der Waals surface area contributed by atoms with E-state index >= 15 is 0 Å². The van der Waals surface area contributed by atoms with Gasteiger partial charge < -0.3 is 14.6 Å². The maximum Gasteiger partial charge on any atom is 0.294 e. The monoisotopic (exact) mass is 353 g/mol. The van der Waals surface area contributed by atoms with Crippen LogP contribution in [0.1, 0.15) is 18.5 Å². The van der Waals surface area contributed by atoms with Crippen LogP contribution in [0, 0.1) is 0 Å². The van der Waals surface area contributed by atoms with Crippen LogP contribution >= 0.6 is 0 Å². The highest BCUT2D eigenvalue weighted by Gasteiger charge is 2.43. The van der Waals surface area contributed by atoms with Gasteiger partial charge in [0.15, 0.2) is 23.0 Å². The van der Waals surface area contributed by atoms with E-state index in [1.54, 1.807) is 42.5 Å². The topological polar surface area (TPSA) is 76.1 Å². The number of para-hydroxylation sites is 1. The van der Waals surface area contributed by atoms with E-state index in [0.29, 0.717) is 22.7 Å². The minimum absolute atomic E-state index is 0.0612. The number of methoxy groups -OCH3 is 2. The molecule has 0 bridgehead atoms. The molecule has 0 aromatic heterocycles. The summed E-state index contributed by atoms with van der Waals surface area (Å²) in [6, 6.07) is 13.3. The molecule has 6 nitrogen and oxygen atoms in total. The predicted molar refractivity (Wildman–Crippen MR) is 96.6 cm³/mol. The van der Waals surface area contributed by atoms with Crippen LogP contribution in [0.2, 0.25) is 0 Å². The normalized spacial score (nSPS) is 16.8. The molecule has 0 fully saturated rings. The molecule has 0 saturated carbocycles. The Labute approximate surface area is 151 Å². The van der Waals surface area contributed by atoms with Gasteiger partial charge in [-0.15, -0.1) is 0 Å². The van der Waals surface area contributed by atoms with Crippen LogP contribution in [0.4, 0.5) is 5.69 Å². The molecule has 26 heavy (non-hydrogen) atoms. The molecule has 0 saturated heterocycles. The van der Waals surface area contributed by atoms with Crippen LogP contribution in [0.25, 0.3) is 0 Å². The number of carbonyl (C=O) groups is 2. The van der Waals surface area contributed by atoms with Crippen LogP contribution in [-0.2, 0) is 9.59 Å². The third kappa shape index (κ3) is 2.79. The Balaban J connectivity index is 2.19. The van der Waals surface area contributed by atoms with Crippen molar-refractivity contribution in [1.29, 1.82) is 0 Å². The van der Waals surface area contributed by atoms with Crippen molar-refractivity contribution in [2.24, 2.45) is 0 Å². The highest BCUT2D eigenvalue weighted by molar-refractivity contribution is 6.16. The second-order valence-electron chi connectivity index (χ2n) is 5.85. The van der Waals surface area contributed by atoms with E-state index in [4.69, 9.17) is 9.47 Å². The molecule has 1 aliphatic rings. The third-order valence-corrected chi connectivity index (χ3v) is 4.35. The molecule has 0 aliphatic carbocycles. The Hall–Kier alpha value is -3.28. The van der Waals surface area contributed by atoms with Gasteiger partial charge in [-0.2, -0.15) is 0 Å². The van der Waals surface area contributed by atoms with Crippen molar-refractivity contribution in [2.45, 2.75) is 13.0 Å². The average Bonchev–Trinajstić information content (AvgIpc) is 2.93. The van der Waals surface area contributed by atoms with Gasteiger partial charge in [-0.1, -0.05) is 24.3 Å². The summed E-state index contributed by atoms with van der Waals surface area (Å²) in [5.74, 6) is -0.499. The van der Waals surface area contributed by atoms with Crippen LogP contribution in [0.15, 0.2) is 59.9 Å². The highest BCUT2D eigenvalue weighted by atomic mass is 16.5. The maximum absolute atomic E-state index is 12.7. The molecule has 2 aromatic carbocycles. The van der Waals surface area contributed by atoms with Crippen molar-refractivity contribution in [3.8, 4) is 11.5 Å². The van der Waals surface area contributed by atoms with Gasteiger partial charge in [0.05, 0.1) is 25.8 Å². The third-order valence-electron chi connectivity index (χ3n) is 4.35. The quantitative estimate of drug-likeness (QED) is 0.893. The SMILES string of the molecule is COc1ccc([C@H]2C(C(C)=O)=C(O)C(=O)N2c2ccccc2)cc1OC. The lowest BCUT2D eigenvalue weighted by molar-refractivity contribution is -0.117. The Kier molecular flexibility index (Phi) is 4.67. The first-order chi connectivity index (χ1) is 12.5. The Bertz CT molecular complexity index is 888. The number of hydrogen-bond acceptors (Lipinski definition) is 5. The van der Waals surface area contributed by atoms with E-state index < -0.39 is 17.7 Å². The van der Waals surface area contributed by atoms with Gasteiger partial charge >= 0.3 is 0 Å². The van der Waals surface area contributed by atoms with Crippen molar-refractivity contribution in [2.75, 3.05) is 19.1 Å². The number of aliphatic hydroxyl groups excluding tert-OH is 1. The molecule has 0 radical (unpaired) electrons. The van der Waals surface area contributed by atoms with Gasteiger partial charge in [-0.05, 0) is 36.8 Å². The molecule has 134 valence electrons. The minimum Gasteiger partial charge on any atom is -0.503 e. The van der Waals surface area contributed by atoms with Gasteiger partial charge in [0.2, 0.25) is 0 Å². The molecule has 6 heteroatoms. The summed E-state index contributed by atoms with van der Waals surface area (Å²) in [6.07, 6.45) is 0. The van der Waals surface area contributed by atoms with Crippen LogP contribution < -0.4 is 14.4 Å². The largest absolute Gasteiger partial charge is 0.503 e. The van der Waals surface area contributed by atoms with Crippen molar-refractivity contribution in [3.05, 3.63) is 65.4 Å². The summed E-state index contributed by atoms with van der Waals surface area (Å²) < 4.78 is 10.6. The number of anilines is 1. The lowest BCUT2D eigenvalue weighted by Crippen LogP contribution is -2.30. The van der Waals surface area contributed by atoms with Gasteiger partial charge in [0, 0.05) is 5.69 Å². The molecule has 1 heterocycles. The summed E-state index contributed by atoms with van der Waals surface area (Å²) in [4.78, 5) is 26.3. The van der Waals surface area contributed by atoms with Crippen LogP contribution in [0.3, 0.4) is 0 Å². The van der Waals surface area contributed by atoms with E-state index in [9.17, 15) is 14.7 Å². The van der Waals surface area contributed by atoms with Crippen molar-refractivity contribution < 1.29 is 24.2 Å². The number of ketones is 1. The van der Waals surface area contributed by atoms with Gasteiger partial charge in [0.1, 0.15) is 0 Å². The number of hydrogen-bond donors (Lipinski definition) is 1. The number of amides is 1. The van der Waals surface area contributed by atoms with E-state index in [1.165, 1.54) is 26.0 Å². The van der Waals surface area contributed by atoms with Crippen LogP contribution in [0.5, 0.6) is 11.5 Å². The zero-order valence-electron chi connectivity index (χ0n) is 14.7. The van der Waals surface area contributed by atoms with E-state index in [1.807, 2.05) is 6.07 Å². The maximum atomic E-state index is 12.7. The molecular weight excluding hydrogens is 334 g/mol. The molecule has 1 amide bonds. The van der Waals surface area contributed by atoms with Crippen molar-refractivity contribution in [3.63, 3.8) is 0 Å². The first-order valence-electron chi connectivity index (χ1n) is 8.04. The number of ether oxygens (including phenoxy) is 2. The zero-order chi connectivity index (χ0) is 18.8. The Morgan fingerprint density at radius 1 is 1.04 bits per heavy atom. The lowest BCUT2D eigenvalue weighted by atomic mass is 9.96. The average molecular weight is 353 g/mol. The first-order valence-corrected chi connectivity index (χ1v) is 8.04. The summed E-state index contributed by atoms with van der Waals surface area (Å²) in [6.45, 7) is 1.33. The summed E-state index contributed by atoms with van der Waals surface area (Å²) >= 11 is 0. The summed E-state index contributed by atoms with van der Waals surface area (Å²) in [5, 5.41) is 10.3. The number of carbonyl (C=O) groups excluding carboxylic acids is 2. The fourth-order valence-electron chi connectivity index (χ4n) is 3.16. The van der Waals surface area contributed by atoms with E-state index in [0.717, 1.165) is 0 Å². The Morgan fingerprint density at radius 2 is 1.69 bits per heavy atom. The van der Waals surface area contributed by atoms with E-state index in [-0.39, 0.29) is 11.4 Å². The van der Waals surface area contributed by atoms with Gasteiger partial charge in [-0.25, -0.2) is 0 Å². The molecule has 1 atom stereocenters. The first kappa shape index (κ1) is 17.5. The van der Waals surface area contributed by atoms with Gasteiger partial charge in [-0.3, -0.25) is 14.5 Å². The van der Waals surface area contributed by atoms with Crippen molar-refractivity contribution >= 4 is 17.4 Å². The number of nitrogens with zero attached hydrogens (tertiary/aromatic N) is 1. The highest BCUT2D eigenvalue weighted by Crippen LogP contribution is 2.42. The fourth-order valence-corrected chi connectivity index (χ4v) is 3.16. The standard InChI is InChI=1S/C20H19NO5/c1-12(22)17-18(13-9-10-15(25-2)16(11-13)26-3)21(20(24)19(17)23)14-7-5-4-6-8-14/h4-11,18,23H,1-3H3/t18-/m0/s1. The fraction of sp³-hybridized carbons (Fsp3) is 0.200. The second kappa shape index (κ2) is 6.92. The summed E-state index contributed by atoms with van der Waals surface area (Å²) in [7, 11) is 3.04. The molecule has 2 aromatic rings. The molecule has 0 spiro atoms. The second-order valence-corrected chi connectivity index (χ2v) is 5.85. The molecule has 1 N–H and O–H groups in total. The molecule has 3 rings (SSSR count). The van der Waals surface area contributed by atoms with Crippen LogP contribution in [-0.4, -0.2) is 31.0 Å². The number of aliphatic hydroxyl groups is 1. The minimum atomic E-state index is -0.748. The Morgan fingerprint density at radius 3 is 2.27 bits per heavy atom. The van der Waals surface area contributed by atoms with Gasteiger partial charge in [0.25, 0.3) is 5.91 Å². The van der Waals surface area contributed by atoms with Crippen molar-refractivity contribution in [1.82, 2.24) is 0 Å². The number of benzene rings is 2. The molecule has 1 aliphatic heterocycles. The molecular formula is C20H19NO5. The smallest absolute Gasteiger partial charge is 0.294 e.